The van der Waals surface area contributed by atoms with E-state index in [1.165, 1.54) is 9.80 Å². The molecule has 15 heteroatoms. The largest absolute Gasteiger partial charge is 0.459 e. The molecule has 0 aliphatic carbocycles. The van der Waals surface area contributed by atoms with Crippen molar-refractivity contribution in [3.8, 4) is 0 Å². The van der Waals surface area contributed by atoms with Crippen LogP contribution >= 0.6 is 27.0 Å². The number of hydrogen-bond donors (Lipinski definition) is 2. The summed E-state index contributed by atoms with van der Waals surface area (Å²) in [4.78, 5) is 58.4. The predicted molar refractivity (Wildman–Crippen MR) is 187 cm³/mol. The summed E-state index contributed by atoms with van der Waals surface area (Å²) in [6, 6.07) is 12.8. The average Bonchev–Trinajstić information content (AvgIpc) is 3.38. The van der Waals surface area contributed by atoms with Gasteiger partial charge in [-0.2, -0.15) is 27.0 Å². The Morgan fingerprint density at radius 2 is 1.62 bits per heavy atom. The maximum Gasteiger partial charge on any atom is 0.416 e. The molecular formula is C32H49N5O8S2. The van der Waals surface area contributed by atoms with Gasteiger partial charge in [0.05, 0.1) is 25.2 Å². The van der Waals surface area contributed by atoms with Crippen molar-refractivity contribution in [1.29, 1.82) is 0 Å². The Morgan fingerprint density at radius 1 is 0.979 bits per heavy atom. The fourth-order valence-corrected chi connectivity index (χ4v) is 4.43. The molecule has 13 nitrogen and oxygen atoms in total. The van der Waals surface area contributed by atoms with Crippen LogP contribution in [-0.4, -0.2) is 89.6 Å². The molecule has 2 aromatic rings. The van der Waals surface area contributed by atoms with Gasteiger partial charge < -0.3 is 34.9 Å². The smallest absolute Gasteiger partial charge is 0.416 e. The van der Waals surface area contributed by atoms with Crippen LogP contribution in [0.5, 0.6) is 0 Å². The maximum atomic E-state index is 13.3. The SMILES string of the molecule is CC(C)(C)OC(=O)[C@@H](N)CNC(=O)CO[C@@H]1C[C@@H](CN(C(=O)OC(C)(C)C)c2ccccn2)N(C(=O)OCc2ccccc2)C1.S.S. The summed E-state index contributed by atoms with van der Waals surface area (Å²) in [5, 5.41) is 2.57. The van der Waals surface area contributed by atoms with Crippen LogP contribution in [0, 0.1) is 0 Å². The van der Waals surface area contributed by atoms with Gasteiger partial charge in [0.25, 0.3) is 0 Å². The summed E-state index contributed by atoms with van der Waals surface area (Å²) in [7, 11) is 0. The first-order valence-corrected chi connectivity index (χ1v) is 14.9. The van der Waals surface area contributed by atoms with Crippen molar-refractivity contribution in [2.45, 2.75) is 84.0 Å². The molecule has 1 aliphatic rings. The van der Waals surface area contributed by atoms with Gasteiger partial charge in [0.15, 0.2) is 0 Å². The standard InChI is InChI=1S/C32H45N5O8.2H2S/c1-31(2,3)44-28(39)25(33)17-35-27(38)21-42-24-16-23(36(19-24)29(40)43-20-22-12-8-7-9-13-22)18-37(26-14-10-11-15-34-26)30(41)45-32(4,5)6;;/h7-15,23-25H,16-21,33H2,1-6H3,(H,35,38);2*1H2/t23-,24+,25-;;/m0../s1. The van der Waals surface area contributed by atoms with Crippen LogP contribution in [0.3, 0.4) is 0 Å². The van der Waals surface area contributed by atoms with Gasteiger partial charge in [-0.1, -0.05) is 36.4 Å². The van der Waals surface area contributed by atoms with Gasteiger partial charge in [0.2, 0.25) is 5.91 Å². The van der Waals surface area contributed by atoms with Crippen molar-refractivity contribution < 1.29 is 38.1 Å². The summed E-state index contributed by atoms with van der Waals surface area (Å²) in [5.74, 6) is -0.761. The van der Waals surface area contributed by atoms with E-state index in [2.05, 4.69) is 10.3 Å². The Morgan fingerprint density at radius 3 is 2.21 bits per heavy atom. The molecule has 1 aromatic heterocycles. The molecule has 1 saturated heterocycles. The fourth-order valence-electron chi connectivity index (χ4n) is 4.43. The highest BCUT2D eigenvalue weighted by atomic mass is 32.1. The summed E-state index contributed by atoms with van der Waals surface area (Å²) in [6.45, 7) is 10.2. The molecule has 0 saturated carbocycles. The molecule has 3 N–H and O–H groups in total. The molecule has 1 fully saturated rings. The van der Waals surface area contributed by atoms with Gasteiger partial charge in [-0.25, -0.2) is 14.6 Å². The van der Waals surface area contributed by atoms with Gasteiger partial charge in [-0.3, -0.25) is 14.5 Å². The number of aromatic nitrogens is 1. The number of nitrogens with zero attached hydrogens (tertiary/aromatic N) is 3. The van der Waals surface area contributed by atoms with Gasteiger partial charge >= 0.3 is 18.2 Å². The lowest BCUT2D eigenvalue weighted by Gasteiger charge is -2.31. The first-order chi connectivity index (χ1) is 21.1. The van der Waals surface area contributed by atoms with Crippen molar-refractivity contribution in [3.63, 3.8) is 0 Å². The summed E-state index contributed by atoms with van der Waals surface area (Å²) in [5.41, 5.74) is 5.20. The fraction of sp³-hybridized carbons (Fsp3) is 0.531. The molecule has 0 bridgehead atoms. The average molecular weight is 696 g/mol. The summed E-state index contributed by atoms with van der Waals surface area (Å²) in [6.07, 6.45) is 0.106. The number of nitrogens with one attached hydrogen (secondary N) is 1. The van der Waals surface area contributed by atoms with E-state index >= 15 is 0 Å². The highest BCUT2D eigenvalue weighted by Gasteiger charge is 2.40. The normalized spacial score (nSPS) is 16.5. The molecule has 0 radical (unpaired) electrons. The zero-order valence-corrected chi connectivity index (χ0v) is 29.9. The highest BCUT2D eigenvalue weighted by molar-refractivity contribution is 7.59. The van der Waals surface area contributed by atoms with Crippen molar-refractivity contribution in [1.82, 2.24) is 15.2 Å². The zero-order chi connectivity index (χ0) is 33.2. The molecule has 1 aromatic carbocycles. The van der Waals surface area contributed by atoms with E-state index in [0.717, 1.165) is 5.56 Å². The van der Waals surface area contributed by atoms with Gasteiger partial charge in [0.1, 0.15) is 36.3 Å². The molecule has 3 amide bonds. The lowest BCUT2D eigenvalue weighted by Crippen LogP contribution is -2.47. The minimum absolute atomic E-state index is 0. The summed E-state index contributed by atoms with van der Waals surface area (Å²) < 4.78 is 22.4. The molecule has 262 valence electrons. The van der Waals surface area contributed by atoms with Crippen LogP contribution in [0.4, 0.5) is 15.4 Å². The first kappa shape index (κ1) is 41.5. The number of likely N-dealkylation sites (tertiary alicyclic amines) is 1. The third-order valence-corrected chi connectivity index (χ3v) is 6.43. The van der Waals surface area contributed by atoms with E-state index in [1.54, 1.807) is 65.9 Å². The van der Waals surface area contributed by atoms with E-state index in [9.17, 15) is 19.2 Å². The van der Waals surface area contributed by atoms with E-state index in [0.29, 0.717) is 12.2 Å². The Balaban J connectivity index is 0.00000552. The number of rotatable bonds is 11. The lowest BCUT2D eigenvalue weighted by atomic mass is 10.2. The second-order valence-electron chi connectivity index (χ2n) is 12.7. The number of pyridine rings is 1. The number of carbonyl (C=O) groups excluding carboxylic acids is 4. The van der Waals surface area contributed by atoms with E-state index < -0.39 is 53.5 Å². The second kappa shape index (κ2) is 18.7. The van der Waals surface area contributed by atoms with Crippen molar-refractivity contribution in [3.05, 3.63) is 60.3 Å². The van der Waals surface area contributed by atoms with Crippen molar-refractivity contribution >= 4 is 56.9 Å². The number of esters is 1. The minimum atomic E-state index is -1.04. The Bertz CT molecular complexity index is 1290. The number of benzene rings is 1. The van der Waals surface area contributed by atoms with Crippen molar-refractivity contribution in [2.75, 3.05) is 31.1 Å². The van der Waals surface area contributed by atoms with Gasteiger partial charge in [0, 0.05) is 12.7 Å². The lowest BCUT2D eigenvalue weighted by molar-refractivity contribution is -0.156. The van der Waals surface area contributed by atoms with Crippen molar-refractivity contribution in [2.24, 2.45) is 5.73 Å². The monoisotopic (exact) mass is 695 g/mol. The number of carbonyl (C=O) groups is 4. The minimum Gasteiger partial charge on any atom is -0.459 e. The number of nitrogens with two attached hydrogens (primary N) is 1. The second-order valence-corrected chi connectivity index (χ2v) is 12.7. The Hall–Kier alpha value is -3.53. The molecule has 0 spiro atoms. The first-order valence-electron chi connectivity index (χ1n) is 14.9. The number of amides is 3. The van der Waals surface area contributed by atoms with Crippen LogP contribution in [0.15, 0.2) is 54.7 Å². The van der Waals surface area contributed by atoms with Crippen LogP contribution in [0.2, 0.25) is 0 Å². The zero-order valence-electron chi connectivity index (χ0n) is 27.9. The Labute approximate surface area is 290 Å². The molecule has 3 rings (SSSR count). The highest BCUT2D eigenvalue weighted by Crippen LogP contribution is 2.26. The topological polar surface area (TPSA) is 163 Å². The third kappa shape index (κ3) is 14.4. The molecule has 47 heavy (non-hydrogen) atoms. The van der Waals surface area contributed by atoms with Crippen LogP contribution in [0.25, 0.3) is 0 Å². The summed E-state index contributed by atoms with van der Waals surface area (Å²) >= 11 is 0. The van der Waals surface area contributed by atoms with Gasteiger partial charge in [-0.15, -0.1) is 0 Å². The quantitative estimate of drug-likeness (QED) is 0.262. The molecule has 3 atom stereocenters. The van der Waals surface area contributed by atoms with Crippen LogP contribution in [-0.2, 0) is 35.1 Å². The maximum absolute atomic E-state index is 13.3. The van der Waals surface area contributed by atoms with Crippen LogP contribution in [0.1, 0.15) is 53.5 Å². The number of hydrogen-bond acceptors (Lipinski definition) is 10. The van der Waals surface area contributed by atoms with E-state index in [4.69, 9.17) is 24.7 Å². The van der Waals surface area contributed by atoms with Crippen LogP contribution < -0.4 is 16.0 Å². The predicted octanol–water partition coefficient (Wildman–Crippen LogP) is 3.63. The number of anilines is 1. The Kier molecular flexibility index (Phi) is 16.5. The molecular weight excluding hydrogens is 647 g/mol. The molecule has 2 heterocycles. The molecule has 0 unspecified atom stereocenters. The number of ether oxygens (including phenoxy) is 4. The molecule has 1 aliphatic heterocycles. The third-order valence-electron chi connectivity index (χ3n) is 6.43. The van der Waals surface area contributed by atoms with E-state index in [1.807, 2.05) is 30.3 Å². The van der Waals surface area contributed by atoms with Gasteiger partial charge in [-0.05, 0) is 65.7 Å². The van der Waals surface area contributed by atoms with E-state index in [-0.39, 0.29) is 59.8 Å².